The number of rotatable bonds is 6. The Bertz CT molecular complexity index is 781. The molecule has 8 heteroatoms. The second kappa shape index (κ2) is 6.43. The lowest BCUT2D eigenvalue weighted by molar-refractivity contribution is 0.371. The Kier molecular flexibility index (Phi) is 4.37. The molecule has 7 nitrogen and oxygen atoms in total. The molecule has 0 N–H and O–H groups in total. The molecule has 0 spiro atoms. The molecule has 116 valence electrons. The van der Waals surface area contributed by atoms with Gasteiger partial charge < -0.3 is 4.52 Å². The molecule has 0 aliphatic carbocycles. The van der Waals surface area contributed by atoms with Crippen molar-refractivity contribution in [1.29, 1.82) is 0 Å². The van der Waals surface area contributed by atoms with Crippen LogP contribution in [-0.2, 0) is 12.2 Å². The Labute approximate surface area is 132 Å². The van der Waals surface area contributed by atoms with Crippen molar-refractivity contribution in [1.82, 2.24) is 29.7 Å². The van der Waals surface area contributed by atoms with E-state index in [-0.39, 0.29) is 0 Å². The predicted molar refractivity (Wildman–Crippen MR) is 82.7 cm³/mol. The van der Waals surface area contributed by atoms with E-state index in [2.05, 4.69) is 32.1 Å². The highest BCUT2D eigenvalue weighted by atomic mass is 32.2. The molecule has 3 aromatic rings. The van der Waals surface area contributed by atoms with Gasteiger partial charge in [-0.15, -0.1) is 5.10 Å². The summed E-state index contributed by atoms with van der Waals surface area (Å²) in [4.78, 5) is 13.2. The second-order valence-corrected chi connectivity index (χ2v) is 6.08. The Morgan fingerprint density at radius 3 is 2.91 bits per heavy atom. The van der Waals surface area contributed by atoms with Gasteiger partial charge in [0, 0.05) is 17.8 Å². The van der Waals surface area contributed by atoms with Crippen LogP contribution in [0.25, 0.3) is 5.78 Å². The van der Waals surface area contributed by atoms with Gasteiger partial charge in [-0.1, -0.05) is 30.3 Å². The van der Waals surface area contributed by atoms with Crippen LogP contribution in [0.1, 0.15) is 42.9 Å². The Balaban J connectivity index is 1.68. The molecule has 0 saturated carbocycles. The first kappa shape index (κ1) is 15.0. The molecule has 3 heterocycles. The van der Waals surface area contributed by atoms with E-state index in [1.54, 1.807) is 4.52 Å². The third kappa shape index (κ3) is 3.27. The quantitative estimate of drug-likeness (QED) is 0.646. The van der Waals surface area contributed by atoms with Crippen LogP contribution in [-0.4, -0.2) is 29.7 Å². The molecule has 0 amide bonds. The fourth-order valence-corrected chi connectivity index (χ4v) is 2.78. The zero-order valence-corrected chi connectivity index (χ0v) is 13.7. The van der Waals surface area contributed by atoms with E-state index in [1.165, 1.54) is 11.8 Å². The minimum atomic E-state index is 0.588. The standard InChI is InChI=1S/C14H18N6OS/c1-4-5-6-12-16-11(19-21-12)8-22-14-17-13-15-9(2)7-10(3)20(13)18-14/h7H,4-6,8H2,1-3H3. The van der Waals surface area contributed by atoms with Gasteiger partial charge in [-0.2, -0.15) is 9.97 Å². The van der Waals surface area contributed by atoms with E-state index < -0.39 is 0 Å². The van der Waals surface area contributed by atoms with Crippen molar-refractivity contribution in [2.75, 3.05) is 0 Å². The van der Waals surface area contributed by atoms with Gasteiger partial charge in [0.05, 0.1) is 5.75 Å². The van der Waals surface area contributed by atoms with Gasteiger partial charge in [0.25, 0.3) is 5.78 Å². The van der Waals surface area contributed by atoms with Crippen molar-refractivity contribution in [3.63, 3.8) is 0 Å². The maximum absolute atomic E-state index is 5.22. The summed E-state index contributed by atoms with van der Waals surface area (Å²) in [6.07, 6.45) is 3.01. The summed E-state index contributed by atoms with van der Waals surface area (Å²) in [5.41, 5.74) is 1.95. The Morgan fingerprint density at radius 1 is 1.23 bits per heavy atom. The highest BCUT2D eigenvalue weighted by molar-refractivity contribution is 7.98. The van der Waals surface area contributed by atoms with E-state index in [9.17, 15) is 0 Å². The van der Waals surface area contributed by atoms with Crippen molar-refractivity contribution in [2.24, 2.45) is 0 Å². The Hall–Kier alpha value is -1.96. The molecule has 22 heavy (non-hydrogen) atoms. The first-order valence-electron chi connectivity index (χ1n) is 7.31. The highest BCUT2D eigenvalue weighted by Gasteiger charge is 2.11. The van der Waals surface area contributed by atoms with Crippen molar-refractivity contribution in [2.45, 2.75) is 50.9 Å². The van der Waals surface area contributed by atoms with E-state index >= 15 is 0 Å². The van der Waals surface area contributed by atoms with Gasteiger partial charge in [0.15, 0.2) is 5.82 Å². The van der Waals surface area contributed by atoms with Crippen LogP contribution >= 0.6 is 11.8 Å². The van der Waals surface area contributed by atoms with Gasteiger partial charge in [-0.25, -0.2) is 9.50 Å². The summed E-state index contributed by atoms with van der Waals surface area (Å²) in [5, 5.41) is 9.10. The zero-order chi connectivity index (χ0) is 15.5. The number of thioether (sulfide) groups is 1. The van der Waals surface area contributed by atoms with Crippen molar-refractivity contribution in [3.05, 3.63) is 29.2 Å². The lowest BCUT2D eigenvalue weighted by Gasteiger charge is -1.97. The summed E-state index contributed by atoms with van der Waals surface area (Å²) < 4.78 is 6.96. The lowest BCUT2D eigenvalue weighted by atomic mass is 10.2. The monoisotopic (exact) mass is 318 g/mol. The molecule has 0 aliphatic heterocycles. The zero-order valence-electron chi connectivity index (χ0n) is 12.9. The van der Waals surface area contributed by atoms with Crippen LogP contribution in [0.4, 0.5) is 0 Å². The lowest BCUT2D eigenvalue weighted by Crippen LogP contribution is -1.97. The average Bonchev–Trinajstić information content (AvgIpc) is 3.09. The van der Waals surface area contributed by atoms with Crippen LogP contribution in [0, 0.1) is 13.8 Å². The smallest absolute Gasteiger partial charge is 0.253 e. The minimum Gasteiger partial charge on any atom is -0.339 e. The average molecular weight is 318 g/mol. The third-order valence-electron chi connectivity index (χ3n) is 3.18. The maximum atomic E-state index is 5.22. The van der Waals surface area contributed by atoms with Gasteiger partial charge in [-0.3, -0.25) is 0 Å². The second-order valence-electron chi connectivity index (χ2n) is 5.14. The first-order chi connectivity index (χ1) is 10.7. The van der Waals surface area contributed by atoms with E-state index in [1.807, 2.05) is 19.9 Å². The van der Waals surface area contributed by atoms with E-state index in [0.29, 0.717) is 28.4 Å². The molecule has 0 unspecified atom stereocenters. The first-order valence-corrected chi connectivity index (χ1v) is 8.29. The minimum absolute atomic E-state index is 0.588. The molecule has 3 aromatic heterocycles. The summed E-state index contributed by atoms with van der Waals surface area (Å²) in [6.45, 7) is 6.08. The number of aromatic nitrogens is 6. The molecule has 0 fully saturated rings. The number of hydrogen-bond acceptors (Lipinski definition) is 7. The molecule has 0 atom stereocenters. The van der Waals surface area contributed by atoms with Gasteiger partial charge in [0.2, 0.25) is 11.0 Å². The van der Waals surface area contributed by atoms with Crippen LogP contribution in [0.2, 0.25) is 0 Å². The largest absolute Gasteiger partial charge is 0.339 e. The maximum Gasteiger partial charge on any atom is 0.253 e. The van der Waals surface area contributed by atoms with Gasteiger partial charge >= 0.3 is 0 Å². The predicted octanol–water partition coefficient (Wildman–Crippen LogP) is 2.76. The number of hydrogen-bond donors (Lipinski definition) is 0. The van der Waals surface area contributed by atoms with Crippen molar-refractivity contribution >= 4 is 17.5 Å². The number of fused-ring (bicyclic) bond motifs is 1. The third-order valence-corrected chi connectivity index (χ3v) is 4.02. The molecular formula is C14H18N6OS. The molecule has 0 radical (unpaired) electrons. The van der Waals surface area contributed by atoms with Crippen molar-refractivity contribution < 1.29 is 4.52 Å². The molecule has 3 rings (SSSR count). The van der Waals surface area contributed by atoms with Crippen LogP contribution in [0.15, 0.2) is 15.7 Å². The summed E-state index contributed by atoms with van der Waals surface area (Å²) >= 11 is 1.48. The topological polar surface area (TPSA) is 82.0 Å². The summed E-state index contributed by atoms with van der Waals surface area (Å²) in [7, 11) is 0. The summed E-state index contributed by atoms with van der Waals surface area (Å²) in [6, 6.07) is 1.98. The molecule has 0 aromatic carbocycles. The number of unbranched alkanes of at least 4 members (excludes halogenated alkanes) is 1. The molecule has 0 aliphatic rings. The Morgan fingerprint density at radius 2 is 2.09 bits per heavy atom. The normalized spacial score (nSPS) is 11.4. The van der Waals surface area contributed by atoms with Crippen LogP contribution in [0.5, 0.6) is 0 Å². The summed E-state index contributed by atoms with van der Waals surface area (Å²) in [5.74, 6) is 2.59. The number of nitrogens with zero attached hydrogens (tertiary/aromatic N) is 6. The van der Waals surface area contributed by atoms with Crippen LogP contribution < -0.4 is 0 Å². The van der Waals surface area contributed by atoms with Crippen LogP contribution in [0.3, 0.4) is 0 Å². The van der Waals surface area contributed by atoms with E-state index in [0.717, 1.165) is 30.7 Å². The fourth-order valence-electron chi connectivity index (χ4n) is 2.12. The SMILES string of the molecule is CCCCc1nc(CSc2nc3nc(C)cc(C)n3n2)no1. The van der Waals surface area contributed by atoms with Crippen molar-refractivity contribution in [3.8, 4) is 0 Å². The van der Waals surface area contributed by atoms with Gasteiger partial charge in [0.1, 0.15) is 0 Å². The highest BCUT2D eigenvalue weighted by Crippen LogP contribution is 2.19. The fraction of sp³-hybridized carbons (Fsp3) is 0.500. The molecular weight excluding hydrogens is 300 g/mol. The van der Waals surface area contributed by atoms with E-state index in [4.69, 9.17) is 4.52 Å². The van der Waals surface area contributed by atoms with Gasteiger partial charge in [-0.05, 0) is 26.3 Å². The molecule has 0 bridgehead atoms. The number of aryl methyl sites for hydroxylation is 3. The molecule has 0 saturated heterocycles.